The van der Waals surface area contributed by atoms with E-state index in [1.54, 1.807) is 6.07 Å². The molecule has 0 saturated heterocycles. The van der Waals surface area contributed by atoms with Crippen molar-refractivity contribution in [3.05, 3.63) is 35.1 Å². The Kier molecular flexibility index (Phi) is 4.15. The van der Waals surface area contributed by atoms with Crippen LogP contribution in [-0.4, -0.2) is 13.6 Å². The third-order valence-corrected chi connectivity index (χ3v) is 1.85. The second-order valence-corrected chi connectivity index (χ2v) is 3.14. The van der Waals surface area contributed by atoms with Crippen molar-refractivity contribution in [3.63, 3.8) is 0 Å². The third kappa shape index (κ3) is 3.20. The molecule has 2 heteroatoms. The van der Waals surface area contributed by atoms with Crippen LogP contribution in [0, 0.1) is 24.6 Å². The van der Waals surface area contributed by atoms with Gasteiger partial charge in [0, 0.05) is 13.0 Å². The summed E-state index contributed by atoms with van der Waals surface area (Å²) in [5.41, 5.74) is 1.40. The lowest BCUT2D eigenvalue weighted by molar-refractivity contribution is 0.623. The number of rotatable bonds is 2. The summed E-state index contributed by atoms with van der Waals surface area (Å²) in [6, 6.07) is 5.09. The van der Waals surface area contributed by atoms with Gasteiger partial charge in [0.2, 0.25) is 0 Å². The first-order valence-corrected chi connectivity index (χ1v) is 4.63. The number of halogens is 1. The molecular formula is C12H14FN. The number of hydrogen-bond acceptors (Lipinski definition) is 1. The predicted molar refractivity (Wildman–Crippen MR) is 56.6 cm³/mol. The highest BCUT2D eigenvalue weighted by Crippen LogP contribution is 2.07. The van der Waals surface area contributed by atoms with Crippen molar-refractivity contribution in [2.24, 2.45) is 0 Å². The summed E-state index contributed by atoms with van der Waals surface area (Å²) in [7, 11) is 1.87. The van der Waals surface area contributed by atoms with Crippen LogP contribution in [0.3, 0.4) is 0 Å². The molecule has 0 aliphatic heterocycles. The Morgan fingerprint density at radius 2 is 2.21 bits per heavy atom. The molecular weight excluding hydrogens is 177 g/mol. The van der Waals surface area contributed by atoms with Crippen molar-refractivity contribution in [1.82, 2.24) is 5.32 Å². The molecule has 74 valence electrons. The molecule has 1 aromatic carbocycles. The van der Waals surface area contributed by atoms with Gasteiger partial charge in [-0.3, -0.25) is 0 Å². The summed E-state index contributed by atoms with van der Waals surface area (Å²) in [6.07, 6.45) is 0.740. The van der Waals surface area contributed by atoms with Crippen molar-refractivity contribution in [1.29, 1.82) is 0 Å². The zero-order valence-electron chi connectivity index (χ0n) is 8.52. The number of aryl methyl sites for hydroxylation is 1. The van der Waals surface area contributed by atoms with E-state index in [0.29, 0.717) is 5.56 Å². The Morgan fingerprint density at radius 3 is 2.86 bits per heavy atom. The Labute approximate surface area is 84.3 Å². The number of nitrogens with one attached hydrogen (secondary N) is 1. The zero-order valence-corrected chi connectivity index (χ0v) is 8.52. The van der Waals surface area contributed by atoms with Crippen molar-refractivity contribution in [2.75, 3.05) is 13.6 Å². The molecule has 0 aromatic heterocycles. The van der Waals surface area contributed by atoms with Crippen molar-refractivity contribution >= 4 is 0 Å². The summed E-state index contributed by atoms with van der Waals surface area (Å²) < 4.78 is 13.2. The maximum absolute atomic E-state index is 13.2. The number of benzene rings is 1. The van der Waals surface area contributed by atoms with E-state index in [9.17, 15) is 4.39 Å². The fraction of sp³-hybridized carbons (Fsp3) is 0.333. The van der Waals surface area contributed by atoms with E-state index in [-0.39, 0.29) is 5.82 Å². The molecule has 0 spiro atoms. The average molecular weight is 191 g/mol. The fourth-order valence-electron chi connectivity index (χ4n) is 1.07. The Morgan fingerprint density at radius 1 is 1.43 bits per heavy atom. The van der Waals surface area contributed by atoms with E-state index in [0.717, 1.165) is 18.5 Å². The topological polar surface area (TPSA) is 12.0 Å². The molecule has 1 rings (SSSR count). The van der Waals surface area contributed by atoms with Gasteiger partial charge in [0.15, 0.2) is 0 Å². The van der Waals surface area contributed by atoms with E-state index in [2.05, 4.69) is 17.2 Å². The quantitative estimate of drug-likeness (QED) is 0.557. The van der Waals surface area contributed by atoms with E-state index in [1.165, 1.54) is 6.07 Å². The van der Waals surface area contributed by atoms with Crippen LogP contribution in [0.5, 0.6) is 0 Å². The maximum atomic E-state index is 13.2. The molecule has 0 aliphatic carbocycles. The Bertz CT molecular complexity index is 360. The van der Waals surface area contributed by atoms with Gasteiger partial charge in [-0.05, 0) is 31.7 Å². The predicted octanol–water partition coefficient (Wildman–Crippen LogP) is 2.10. The molecule has 0 amide bonds. The molecule has 0 atom stereocenters. The van der Waals surface area contributed by atoms with E-state index < -0.39 is 0 Å². The van der Waals surface area contributed by atoms with Gasteiger partial charge in [0.05, 0.1) is 5.56 Å². The second kappa shape index (κ2) is 5.41. The molecule has 0 aliphatic rings. The van der Waals surface area contributed by atoms with Gasteiger partial charge in [-0.2, -0.15) is 0 Å². The van der Waals surface area contributed by atoms with Crippen LogP contribution in [0.1, 0.15) is 17.5 Å². The monoisotopic (exact) mass is 191 g/mol. The molecule has 0 unspecified atom stereocenters. The van der Waals surface area contributed by atoms with Crippen molar-refractivity contribution in [2.45, 2.75) is 13.3 Å². The zero-order chi connectivity index (χ0) is 10.4. The summed E-state index contributed by atoms with van der Waals surface area (Å²) in [5, 5.41) is 2.98. The van der Waals surface area contributed by atoms with Gasteiger partial charge in [-0.15, -0.1) is 0 Å². The van der Waals surface area contributed by atoms with Crippen molar-refractivity contribution < 1.29 is 4.39 Å². The first-order valence-electron chi connectivity index (χ1n) is 4.63. The maximum Gasteiger partial charge on any atom is 0.139 e. The molecule has 0 bridgehead atoms. The fourth-order valence-corrected chi connectivity index (χ4v) is 1.07. The largest absolute Gasteiger partial charge is 0.319 e. The Balaban J connectivity index is 2.70. The normalized spacial score (nSPS) is 9.36. The summed E-state index contributed by atoms with van der Waals surface area (Å²) in [5.74, 6) is 5.49. The minimum atomic E-state index is -0.234. The van der Waals surface area contributed by atoms with Crippen LogP contribution in [0.15, 0.2) is 18.2 Å². The molecule has 1 nitrogen and oxygen atoms in total. The molecule has 0 fully saturated rings. The van der Waals surface area contributed by atoms with Gasteiger partial charge in [0.1, 0.15) is 5.82 Å². The molecule has 14 heavy (non-hydrogen) atoms. The standard InChI is InChI=1S/C12H14FN/c1-10-6-7-11(12(13)9-10)5-3-4-8-14-2/h6-7,9,14H,4,8H2,1-2H3. The van der Waals surface area contributed by atoms with Gasteiger partial charge in [-0.1, -0.05) is 17.9 Å². The number of hydrogen-bond donors (Lipinski definition) is 1. The highest BCUT2D eigenvalue weighted by atomic mass is 19.1. The smallest absolute Gasteiger partial charge is 0.139 e. The van der Waals surface area contributed by atoms with E-state index >= 15 is 0 Å². The first kappa shape index (κ1) is 10.7. The van der Waals surface area contributed by atoms with Crippen LogP contribution >= 0.6 is 0 Å². The highest BCUT2D eigenvalue weighted by molar-refractivity contribution is 5.37. The van der Waals surface area contributed by atoms with Gasteiger partial charge >= 0.3 is 0 Å². The van der Waals surface area contributed by atoms with Gasteiger partial charge in [0.25, 0.3) is 0 Å². The SMILES string of the molecule is CNCCC#Cc1ccc(C)cc1F. The van der Waals surface area contributed by atoms with Crippen molar-refractivity contribution in [3.8, 4) is 11.8 Å². The van der Waals surface area contributed by atoms with Crippen LogP contribution < -0.4 is 5.32 Å². The average Bonchev–Trinajstić information content (AvgIpc) is 2.15. The first-order chi connectivity index (χ1) is 6.74. The molecule has 0 saturated carbocycles. The lowest BCUT2D eigenvalue weighted by Gasteiger charge is -1.95. The molecule has 1 aromatic rings. The Hall–Kier alpha value is -1.33. The second-order valence-electron chi connectivity index (χ2n) is 3.14. The van der Waals surface area contributed by atoms with E-state index in [4.69, 9.17) is 0 Å². The minimum absolute atomic E-state index is 0.234. The molecule has 0 heterocycles. The summed E-state index contributed by atoms with van der Waals surface area (Å²) >= 11 is 0. The third-order valence-electron chi connectivity index (χ3n) is 1.85. The van der Waals surface area contributed by atoms with Gasteiger partial charge in [-0.25, -0.2) is 4.39 Å². The lowest BCUT2D eigenvalue weighted by Crippen LogP contribution is -2.05. The lowest BCUT2D eigenvalue weighted by atomic mass is 10.1. The highest BCUT2D eigenvalue weighted by Gasteiger charge is 1.97. The summed E-state index contributed by atoms with van der Waals surface area (Å²) in [4.78, 5) is 0. The minimum Gasteiger partial charge on any atom is -0.319 e. The van der Waals surface area contributed by atoms with Crippen LogP contribution in [0.2, 0.25) is 0 Å². The van der Waals surface area contributed by atoms with Gasteiger partial charge < -0.3 is 5.32 Å². The van der Waals surface area contributed by atoms with Crippen LogP contribution in [0.4, 0.5) is 4.39 Å². The molecule has 0 radical (unpaired) electrons. The molecule has 1 N–H and O–H groups in total. The van der Waals surface area contributed by atoms with Crippen LogP contribution in [-0.2, 0) is 0 Å². The summed E-state index contributed by atoms with van der Waals surface area (Å²) in [6.45, 7) is 2.70. The van der Waals surface area contributed by atoms with E-state index in [1.807, 2.05) is 20.0 Å². The van der Waals surface area contributed by atoms with Crippen LogP contribution in [0.25, 0.3) is 0 Å².